The number of amides is 2. The molecule has 0 atom stereocenters. The van der Waals surface area contributed by atoms with Gasteiger partial charge >= 0.3 is 0 Å². The third-order valence-electron chi connectivity index (χ3n) is 4.08. The Labute approximate surface area is 156 Å². The van der Waals surface area contributed by atoms with E-state index in [9.17, 15) is 14.7 Å². The number of ether oxygens (including phenoxy) is 1. The number of rotatable bonds is 5. The molecular formula is C20H19NO4S. The minimum atomic E-state index is -0.357. The maximum Gasteiger partial charge on any atom is 0.293 e. The van der Waals surface area contributed by atoms with Crippen LogP contribution in [0.25, 0.3) is 6.08 Å². The molecule has 2 aromatic carbocycles. The van der Waals surface area contributed by atoms with Crippen molar-refractivity contribution in [1.29, 1.82) is 0 Å². The second-order valence-electron chi connectivity index (χ2n) is 5.82. The van der Waals surface area contributed by atoms with Gasteiger partial charge in [0, 0.05) is 5.56 Å². The number of phenolic OH excluding ortho intramolecular Hbond substituents is 1. The monoisotopic (exact) mass is 369 g/mol. The molecule has 1 heterocycles. The molecule has 134 valence electrons. The number of hydrogen-bond donors (Lipinski definition) is 1. The number of hydrogen-bond acceptors (Lipinski definition) is 5. The third-order valence-corrected chi connectivity index (χ3v) is 4.99. The van der Waals surface area contributed by atoms with Crippen molar-refractivity contribution in [2.45, 2.75) is 20.4 Å². The molecule has 1 N–H and O–H groups in total. The van der Waals surface area contributed by atoms with Crippen molar-refractivity contribution in [2.24, 2.45) is 0 Å². The molecule has 0 unspecified atom stereocenters. The molecule has 6 heteroatoms. The van der Waals surface area contributed by atoms with Gasteiger partial charge in [-0.1, -0.05) is 36.4 Å². The summed E-state index contributed by atoms with van der Waals surface area (Å²) in [5, 5.41) is 9.97. The highest BCUT2D eigenvalue weighted by Crippen LogP contribution is 2.37. The zero-order chi connectivity index (χ0) is 18.7. The van der Waals surface area contributed by atoms with E-state index in [1.165, 1.54) is 11.0 Å². The summed E-state index contributed by atoms with van der Waals surface area (Å²) in [5.74, 6) is -0.0510. The molecule has 0 spiro atoms. The van der Waals surface area contributed by atoms with Gasteiger partial charge in [-0.2, -0.15) is 0 Å². The van der Waals surface area contributed by atoms with Crippen LogP contribution in [0.1, 0.15) is 23.6 Å². The summed E-state index contributed by atoms with van der Waals surface area (Å²) in [6.45, 7) is 4.42. The van der Waals surface area contributed by atoms with Crippen LogP contribution in [-0.4, -0.2) is 27.8 Å². The average molecular weight is 369 g/mol. The lowest BCUT2D eigenvalue weighted by Crippen LogP contribution is -2.27. The van der Waals surface area contributed by atoms with Gasteiger partial charge in [0.15, 0.2) is 11.5 Å². The topological polar surface area (TPSA) is 66.8 Å². The van der Waals surface area contributed by atoms with Gasteiger partial charge in [-0.15, -0.1) is 0 Å². The average Bonchev–Trinajstić information content (AvgIpc) is 2.88. The zero-order valence-electron chi connectivity index (χ0n) is 14.6. The largest absolute Gasteiger partial charge is 0.504 e. The highest BCUT2D eigenvalue weighted by molar-refractivity contribution is 8.18. The van der Waals surface area contributed by atoms with Crippen molar-refractivity contribution in [1.82, 2.24) is 4.90 Å². The number of phenols is 1. The Morgan fingerprint density at radius 1 is 1.15 bits per heavy atom. The lowest BCUT2D eigenvalue weighted by Gasteiger charge is -2.14. The molecule has 0 radical (unpaired) electrons. The predicted molar refractivity (Wildman–Crippen MR) is 102 cm³/mol. The van der Waals surface area contributed by atoms with Crippen molar-refractivity contribution < 1.29 is 19.4 Å². The summed E-state index contributed by atoms with van der Waals surface area (Å²) in [5.41, 5.74) is 2.40. The van der Waals surface area contributed by atoms with Crippen LogP contribution in [0.5, 0.6) is 11.5 Å². The Bertz CT molecular complexity index is 891. The first-order chi connectivity index (χ1) is 12.5. The Balaban J connectivity index is 1.86. The van der Waals surface area contributed by atoms with Crippen molar-refractivity contribution in [3.05, 3.63) is 64.1 Å². The van der Waals surface area contributed by atoms with Gasteiger partial charge in [-0.3, -0.25) is 14.5 Å². The second-order valence-corrected chi connectivity index (χ2v) is 6.81. The molecule has 5 nitrogen and oxygen atoms in total. The van der Waals surface area contributed by atoms with E-state index in [2.05, 4.69) is 0 Å². The third kappa shape index (κ3) is 3.60. The molecule has 0 aromatic heterocycles. The summed E-state index contributed by atoms with van der Waals surface area (Å²) in [7, 11) is 0. The van der Waals surface area contributed by atoms with Crippen LogP contribution < -0.4 is 4.74 Å². The van der Waals surface area contributed by atoms with E-state index in [0.29, 0.717) is 17.9 Å². The van der Waals surface area contributed by atoms with Crippen molar-refractivity contribution in [3.63, 3.8) is 0 Å². The lowest BCUT2D eigenvalue weighted by molar-refractivity contribution is -0.123. The van der Waals surface area contributed by atoms with E-state index in [-0.39, 0.29) is 28.3 Å². The predicted octanol–water partition coefficient (Wildman–Crippen LogP) is 4.34. The number of aromatic hydroxyl groups is 1. The number of para-hydroxylation sites is 1. The molecule has 1 fully saturated rings. The maximum absolute atomic E-state index is 12.7. The van der Waals surface area contributed by atoms with E-state index in [1.54, 1.807) is 18.2 Å². The van der Waals surface area contributed by atoms with Crippen LogP contribution in [0.15, 0.2) is 47.4 Å². The molecule has 1 saturated heterocycles. The first-order valence-electron chi connectivity index (χ1n) is 8.26. The van der Waals surface area contributed by atoms with Crippen molar-refractivity contribution >= 4 is 29.0 Å². The van der Waals surface area contributed by atoms with Gasteiger partial charge in [-0.25, -0.2) is 0 Å². The Kier molecular flexibility index (Phi) is 5.32. The van der Waals surface area contributed by atoms with Gasteiger partial charge in [0.1, 0.15) is 0 Å². The smallest absolute Gasteiger partial charge is 0.293 e. The number of carbonyl (C=O) groups is 2. The normalized spacial score (nSPS) is 15.8. The number of nitrogens with zero attached hydrogens (tertiary/aromatic N) is 1. The van der Waals surface area contributed by atoms with E-state index < -0.39 is 0 Å². The Hall–Kier alpha value is -2.73. The molecule has 1 aliphatic heterocycles. The molecule has 0 bridgehead atoms. The summed E-state index contributed by atoms with van der Waals surface area (Å²) in [6.07, 6.45) is 1.53. The van der Waals surface area contributed by atoms with E-state index in [0.717, 1.165) is 22.9 Å². The highest BCUT2D eigenvalue weighted by Gasteiger charge is 2.35. The van der Waals surface area contributed by atoms with E-state index in [4.69, 9.17) is 4.74 Å². The molecule has 26 heavy (non-hydrogen) atoms. The summed E-state index contributed by atoms with van der Waals surface area (Å²) in [6, 6.07) is 12.7. The summed E-state index contributed by atoms with van der Waals surface area (Å²) < 4.78 is 5.35. The van der Waals surface area contributed by atoms with Gasteiger partial charge in [0.05, 0.1) is 18.1 Å². The minimum Gasteiger partial charge on any atom is -0.504 e. The van der Waals surface area contributed by atoms with Gasteiger partial charge in [0.2, 0.25) is 0 Å². The van der Waals surface area contributed by atoms with Crippen LogP contribution in [-0.2, 0) is 11.3 Å². The Morgan fingerprint density at radius 2 is 1.92 bits per heavy atom. The van der Waals surface area contributed by atoms with Gasteiger partial charge < -0.3 is 9.84 Å². The quantitative estimate of drug-likeness (QED) is 0.795. The van der Waals surface area contributed by atoms with Crippen LogP contribution >= 0.6 is 11.8 Å². The van der Waals surface area contributed by atoms with Crippen LogP contribution in [0.2, 0.25) is 0 Å². The second kappa shape index (κ2) is 7.66. The fourth-order valence-electron chi connectivity index (χ4n) is 2.66. The maximum atomic E-state index is 12.7. The number of carbonyl (C=O) groups excluding carboxylic acids is 2. The first-order valence-corrected chi connectivity index (χ1v) is 9.07. The molecule has 2 amide bonds. The molecule has 3 rings (SSSR count). The number of aryl methyl sites for hydroxylation is 1. The number of imide groups is 1. The molecular weight excluding hydrogens is 350 g/mol. The molecule has 1 aliphatic rings. The lowest BCUT2D eigenvalue weighted by atomic mass is 10.1. The fourth-order valence-corrected chi connectivity index (χ4v) is 3.49. The first kappa shape index (κ1) is 18.1. The molecule has 0 aliphatic carbocycles. The van der Waals surface area contributed by atoms with Gasteiger partial charge in [-0.05, 0) is 48.9 Å². The van der Waals surface area contributed by atoms with Crippen LogP contribution in [0.4, 0.5) is 4.79 Å². The summed E-state index contributed by atoms with van der Waals surface area (Å²) >= 11 is 0.876. The zero-order valence-corrected chi connectivity index (χ0v) is 15.4. The van der Waals surface area contributed by atoms with Crippen LogP contribution in [0.3, 0.4) is 0 Å². The van der Waals surface area contributed by atoms with Crippen LogP contribution in [0, 0.1) is 6.92 Å². The van der Waals surface area contributed by atoms with Gasteiger partial charge in [0.25, 0.3) is 11.1 Å². The summed E-state index contributed by atoms with van der Waals surface area (Å²) in [4.78, 5) is 26.5. The van der Waals surface area contributed by atoms with Crippen molar-refractivity contribution in [3.8, 4) is 11.5 Å². The highest BCUT2D eigenvalue weighted by atomic mass is 32.2. The molecule has 0 saturated carbocycles. The number of thioether (sulfide) groups is 1. The SMILES string of the molecule is CCOc1cccc(/C=C2\SC(=O)N(Cc3ccccc3C)C2=O)c1O. The molecule has 2 aromatic rings. The van der Waals surface area contributed by atoms with E-state index >= 15 is 0 Å². The Morgan fingerprint density at radius 3 is 2.65 bits per heavy atom. The number of benzene rings is 2. The fraction of sp³-hybridized carbons (Fsp3) is 0.200. The minimum absolute atomic E-state index is 0.0416. The van der Waals surface area contributed by atoms with Crippen molar-refractivity contribution in [2.75, 3.05) is 6.61 Å². The van der Waals surface area contributed by atoms with E-state index in [1.807, 2.05) is 38.1 Å². The standard InChI is InChI=1S/C20H19NO4S/c1-3-25-16-10-6-9-14(18(16)22)11-17-19(23)21(20(24)26-17)12-15-8-5-4-7-13(15)2/h4-11,22H,3,12H2,1-2H3/b17-11-.